The van der Waals surface area contributed by atoms with Crippen molar-refractivity contribution < 1.29 is 19.1 Å². The van der Waals surface area contributed by atoms with E-state index in [0.717, 1.165) is 10.5 Å². The highest BCUT2D eigenvalue weighted by Gasteiger charge is 2.37. The lowest BCUT2D eigenvalue weighted by molar-refractivity contribution is -0.122. The number of carbonyl (C=O) groups excluding carboxylic acids is 3. The quantitative estimate of drug-likeness (QED) is 0.691. The molecule has 0 spiro atoms. The fraction of sp³-hybridized carbons (Fsp3) is 0.105. The molecule has 1 heterocycles. The molecular weight excluding hydrogens is 320 g/mol. The van der Waals surface area contributed by atoms with Gasteiger partial charge in [0.2, 0.25) is 0 Å². The van der Waals surface area contributed by atoms with Crippen molar-refractivity contribution in [1.82, 2.24) is 5.32 Å². The third-order valence-electron chi connectivity index (χ3n) is 3.90. The zero-order valence-corrected chi connectivity index (χ0v) is 13.8. The molecule has 6 heteroatoms. The van der Waals surface area contributed by atoms with Crippen molar-refractivity contribution in [2.75, 3.05) is 12.0 Å². The summed E-state index contributed by atoms with van der Waals surface area (Å²) in [4.78, 5) is 38.2. The summed E-state index contributed by atoms with van der Waals surface area (Å²) in [6, 6.07) is 13.2. The van der Waals surface area contributed by atoms with Gasteiger partial charge >= 0.3 is 6.03 Å². The number of urea groups is 1. The lowest BCUT2D eigenvalue weighted by atomic mass is 10.1. The Hall–Kier alpha value is -3.41. The summed E-state index contributed by atoms with van der Waals surface area (Å²) in [6.45, 7) is 1.79. The first-order chi connectivity index (χ1) is 12.0. The van der Waals surface area contributed by atoms with E-state index in [2.05, 4.69) is 5.32 Å². The third kappa shape index (κ3) is 3.01. The monoisotopic (exact) mass is 336 g/mol. The van der Waals surface area contributed by atoms with Crippen LogP contribution in [0.15, 0.2) is 54.1 Å². The van der Waals surface area contributed by atoms with E-state index < -0.39 is 17.8 Å². The van der Waals surface area contributed by atoms with Gasteiger partial charge < -0.3 is 4.74 Å². The topological polar surface area (TPSA) is 75.7 Å². The van der Waals surface area contributed by atoms with Crippen LogP contribution in [0.5, 0.6) is 5.75 Å². The van der Waals surface area contributed by atoms with Crippen LogP contribution >= 0.6 is 0 Å². The van der Waals surface area contributed by atoms with Crippen molar-refractivity contribution in [3.8, 4) is 5.75 Å². The van der Waals surface area contributed by atoms with Gasteiger partial charge in [0.1, 0.15) is 11.3 Å². The number of amides is 4. The van der Waals surface area contributed by atoms with Crippen LogP contribution in [0.3, 0.4) is 0 Å². The van der Waals surface area contributed by atoms with Crippen molar-refractivity contribution >= 4 is 29.6 Å². The van der Waals surface area contributed by atoms with E-state index in [-0.39, 0.29) is 5.57 Å². The average molecular weight is 336 g/mol. The molecule has 25 heavy (non-hydrogen) atoms. The number of methoxy groups -OCH3 is 1. The summed E-state index contributed by atoms with van der Waals surface area (Å²) in [6.07, 6.45) is 1.42. The summed E-state index contributed by atoms with van der Waals surface area (Å²) in [7, 11) is 1.50. The lowest BCUT2D eigenvalue weighted by Gasteiger charge is -2.27. The average Bonchev–Trinajstić information content (AvgIpc) is 2.60. The molecule has 6 nitrogen and oxygen atoms in total. The molecule has 0 aliphatic carbocycles. The van der Waals surface area contributed by atoms with Crippen molar-refractivity contribution in [3.05, 3.63) is 65.2 Å². The molecular formula is C19H16N2O4. The maximum atomic E-state index is 12.8. The van der Waals surface area contributed by atoms with Crippen molar-refractivity contribution in [3.63, 3.8) is 0 Å². The number of para-hydroxylation sites is 2. The highest BCUT2D eigenvalue weighted by atomic mass is 16.5. The van der Waals surface area contributed by atoms with Crippen LogP contribution < -0.4 is 15.0 Å². The van der Waals surface area contributed by atoms with Crippen molar-refractivity contribution in [2.45, 2.75) is 6.92 Å². The van der Waals surface area contributed by atoms with E-state index in [0.29, 0.717) is 17.0 Å². The number of imide groups is 2. The number of hydrogen-bond acceptors (Lipinski definition) is 4. The minimum Gasteiger partial charge on any atom is -0.496 e. The number of aryl methyl sites for hydroxylation is 1. The molecule has 1 aliphatic heterocycles. The molecule has 0 unspecified atom stereocenters. The van der Waals surface area contributed by atoms with Gasteiger partial charge in [0.25, 0.3) is 11.8 Å². The highest BCUT2D eigenvalue weighted by molar-refractivity contribution is 6.39. The van der Waals surface area contributed by atoms with Crippen LogP contribution in [0.1, 0.15) is 11.1 Å². The first-order valence-corrected chi connectivity index (χ1v) is 7.63. The van der Waals surface area contributed by atoms with Crippen LogP contribution in [0.4, 0.5) is 10.5 Å². The van der Waals surface area contributed by atoms with Crippen molar-refractivity contribution in [1.29, 1.82) is 0 Å². The number of carbonyl (C=O) groups is 3. The van der Waals surface area contributed by atoms with Gasteiger partial charge in [-0.05, 0) is 30.7 Å². The Morgan fingerprint density at radius 2 is 1.68 bits per heavy atom. The molecule has 1 N–H and O–H groups in total. The summed E-state index contributed by atoms with van der Waals surface area (Å²) >= 11 is 0. The van der Waals surface area contributed by atoms with Crippen molar-refractivity contribution in [2.24, 2.45) is 0 Å². The highest BCUT2D eigenvalue weighted by Crippen LogP contribution is 2.26. The zero-order valence-electron chi connectivity index (χ0n) is 13.8. The van der Waals surface area contributed by atoms with E-state index in [1.165, 1.54) is 13.2 Å². The Morgan fingerprint density at radius 3 is 2.40 bits per heavy atom. The van der Waals surface area contributed by atoms with E-state index in [1.54, 1.807) is 49.4 Å². The summed E-state index contributed by atoms with van der Waals surface area (Å²) in [5.41, 5.74) is 1.62. The Morgan fingerprint density at radius 1 is 1.00 bits per heavy atom. The van der Waals surface area contributed by atoms with Crippen LogP contribution in [-0.4, -0.2) is 25.0 Å². The van der Waals surface area contributed by atoms with Crippen LogP contribution in [-0.2, 0) is 9.59 Å². The molecule has 1 fully saturated rings. The third-order valence-corrected chi connectivity index (χ3v) is 3.90. The maximum absolute atomic E-state index is 12.8. The number of anilines is 1. The molecule has 1 saturated heterocycles. The van der Waals surface area contributed by atoms with E-state index in [4.69, 9.17) is 4.74 Å². The van der Waals surface area contributed by atoms with E-state index in [1.807, 2.05) is 6.07 Å². The standard InChI is InChI=1S/C19H16N2O4/c1-12-7-3-5-9-15(12)21-18(23)14(17(22)20-19(21)24)11-13-8-4-6-10-16(13)25-2/h3-11H,1-2H3,(H,20,22,24)/b14-11+. The molecule has 0 radical (unpaired) electrons. The van der Waals surface area contributed by atoms with Crippen LogP contribution in [0.25, 0.3) is 6.08 Å². The Kier molecular flexibility index (Phi) is 4.35. The number of rotatable bonds is 3. The summed E-state index contributed by atoms with van der Waals surface area (Å²) in [5.74, 6) is -0.880. The minimum absolute atomic E-state index is 0.132. The second-order valence-electron chi connectivity index (χ2n) is 5.49. The first kappa shape index (κ1) is 16.4. The smallest absolute Gasteiger partial charge is 0.335 e. The summed E-state index contributed by atoms with van der Waals surface area (Å²) in [5, 5.41) is 2.21. The van der Waals surface area contributed by atoms with Crippen LogP contribution in [0.2, 0.25) is 0 Å². The van der Waals surface area contributed by atoms with E-state index in [9.17, 15) is 14.4 Å². The molecule has 0 bridgehead atoms. The molecule has 2 aromatic rings. The molecule has 126 valence electrons. The number of ether oxygens (including phenoxy) is 1. The molecule has 2 aromatic carbocycles. The number of nitrogens with zero attached hydrogens (tertiary/aromatic N) is 1. The predicted molar refractivity (Wildman–Crippen MR) is 93.2 cm³/mol. The second-order valence-corrected chi connectivity index (χ2v) is 5.49. The van der Waals surface area contributed by atoms with Gasteiger partial charge in [-0.15, -0.1) is 0 Å². The Balaban J connectivity index is 2.07. The molecule has 4 amide bonds. The Bertz CT molecular complexity index is 902. The normalized spacial score (nSPS) is 16.2. The van der Waals surface area contributed by atoms with Gasteiger partial charge in [0.05, 0.1) is 12.8 Å². The number of benzene rings is 2. The van der Waals surface area contributed by atoms with Crippen LogP contribution in [0, 0.1) is 6.92 Å². The predicted octanol–water partition coefficient (Wildman–Crippen LogP) is 2.67. The molecule has 3 rings (SSSR count). The van der Waals surface area contributed by atoms with Gasteiger partial charge in [0.15, 0.2) is 0 Å². The van der Waals surface area contributed by atoms with Gasteiger partial charge in [0, 0.05) is 5.56 Å². The number of barbiturate groups is 1. The minimum atomic E-state index is -0.763. The SMILES string of the molecule is COc1ccccc1/C=C1\C(=O)NC(=O)N(c2ccccc2C)C1=O. The number of hydrogen-bond donors (Lipinski definition) is 1. The second kappa shape index (κ2) is 6.60. The molecule has 1 aliphatic rings. The van der Waals surface area contributed by atoms with E-state index >= 15 is 0 Å². The summed E-state index contributed by atoms with van der Waals surface area (Å²) < 4.78 is 5.24. The van der Waals surface area contributed by atoms with Gasteiger partial charge in [-0.3, -0.25) is 14.9 Å². The first-order valence-electron chi connectivity index (χ1n) is 7.63. The number of nitrogens with one attached hydrogen (secondary N) is 1. The molecule has 0 atom stereocenters. The fourth-order valence-corrected chi connectivity index (χ4v) is 2.63. The zero-order chi connectivity index (χ0) is 18.0. The lowest BCUT2D eigenvalue weighted by Crippen LogP contribution is -2.54. The van der Waals surface area contributed by atoms with Gasteiger partial charge in [-0.1, -0.05) is 36.4 Å². The van der Waals surface area contributed by atoms with Gasteiger partial charge in [-0.2, -0.15) is 0 Å². The molecule has 0 aromatic heterocycles. The molecule has 0 saturated carbocycles. The Labute approximate surface area is 144 Å². The largest absolute Gasteiger partial charge is 0.496 e. The fourth-order valence-electron chi connectivity index (χ4n) is 2.63. The maximum Gasteiger partial charge on any atom is 0.335 e. The van der Waals surface area contributed by atoms with Gasteiger partial charge in [-0.25, -0.2) is 9.69 Å².